The Morgan fingerprint density at radius 2 is 1.96 bits per heavy atom. The molecule has 0 atom stereocenters. The highest BCUT2D eigenvalue weighted by atomic mass is 16.4. The summed E-state index contributed by atoms with van der Waals surface area (Å²) in [6, 6.07) is 4.58. The van der Waals surface area contributed by atoms with Gasteiger partial charge in [-0.05, 0) is 38.9 Å². The van der Waals surface area contributed by atoms with Gasteiger partial charge in [-0.15, -0.1) is 0 Å². The molecule has 8 heteroatoms. The number of nitriles is 1. The van der Waals surface area contributed by atoms with E-state index in [1.807, 2.05) is 12.3 Å². The van der Waals surface area contributed by atoms with Crippen molar-refractivity contribution in [1.29, 1.82) is 5.26 Å². The van der Waals surface area contributed by atoms with Crippen molar-refractivity contribution in [2.24, 2.45) is 0 Å². The van der Waals surface area contributed by atoms with E-state index in [1.54, 1.807) is 6.20 Å². The number of hydrogen-bond acceptors (Lipinski definition) is 5. The van der Waals surface area contributed by atoms with Crippen LogP contribution < -0.4 is 0 Å². The predicted octanol–water partition coefficient (Wildman–Crippen LogP) is 2.03. The predicted molar refractivity (Wildman–Crippen MR) is 96.7 cm³/mol. The average Bonchev–Trinajstić information content (AvgIpc) is 3.00. The molecule has 3 N–H and O–H groups in total. The Bertz CT molecular complexity index is 817. The lowest BCUT2D eigenvalue weighted by molar-refractivity contribution is -0.134. The van der Waals surface area contributed by atoms with Crippen molar-refractivity contribution in [3.8, 4) is 6.07 Å². The van der Waals surface area contributed by atoms with E-state index in [2.05, 4.69) is 41.8 Å². The summed E-state index contributed by atoms with van der Waals surface area (Å²) in [6.07, 6.45) is 5.67. The first-order chi connectivity index (χ1) is 12.2. The van der Waals surface area contributed by atoms with Crippen LogP contribution in [-0.4, -0.2) is 56.7 Å². The van der Waals surface area contributed by atoms with Gasteiger partial charge in [0.1, 0.15) is 11.7 Å². The largest absolute Gasteiger partial charge is 0.478 e. The van der Waals surface area contributed by atoms with Crippen LogP contribution in [0.15, 0.2) is 30.6 Å². The van der Waals surface area contributed by atoms with E-state index in [9.17, 15) is 9.59 Å². The van der Waals surface area contributed by atoms with E-state index in [0.717, 1.165) is 24.0 Å². The van der Waals surface area contributed by atoms with E-state index in [-0.39, 0.29) is 0 Å². The summed E-state index contributed by atoms with van der Waals surface area (Å²) in [5.74, 6) is -2.51. The van der Waals surface area contributed by atoms with E-state index >= 15 is 0 Å². The molecule has 2 heterocycles. The molecule has 0 aliphatic heterocycles. The third-order valence-electron chi connectivity index (χ3n) is 3.73. The van der Waals surface area contributed by atoms with Crippen LogP contribution in [0.5, 0.6) is 0 Å². The number of carboxylic acid groups (broad SMARTS) is 2. The standard InChI is InChI=1S/C14H18N4.C4H4O4/c1-10(2)18(3)5-4-12-9-17-14-13(12)6-11(7-15)8-16-14;5-3(6)1-2-4(7)8/h6,8-10H,4-5H2,1-3H3,(H,16,17);1-2H,(H,5,6)(H,7,8)/b;2-1+. The van der Waals surface area contributed by atoms with Crippen LogP contribution in [0.25, 0.3) is 11.0 Å². The third-order valence-corrected chi connectivity index (χ3v) is 3.73. The maximum absolute atomic E-state index is 9.55. The second-order valence-corrected chi connectivity index (χ2v) is 5.88. The Labute approximate surface area is 151 Å². The molecule has 0 fully saturated rings. The Balaban J connectivity index is 0.000000359. The summed E-state index contributed by atoms with van der Waals surface area (Å²) in [6.45, 7) is 5.37. The number of likely N-dealkylation sites (N-methyl/N-ethyl adjacent to an activating group) is 1. The van der Waals surface area contributed by atoms with Crippen molar-refractivity contribution < 1.29 is 19.8 Å². The molecule has 0 amide bonds. The van der Waals surface area contributed by atoms with Crippen molar-refractivity contribution in [2.45, 2.75) is 26.3 Å². The molecule has 138 valence electrons. The lowest BCUT2D eigenvalue weighted by atomic mass is 10.1. The average molecular weight is 358 g/mol. The monoisotopic (exact) mass is 358 g/mol. The second-order valence-electron chi connectivity index (χ2n) is 5.88. The zero-order chi connectivity index (χ0) is 19.7. The summed E-state index contributed by atoms with van der Waals surface area (Å²) in [5.41, 5.74) is 2.69. The Morgan fingerprint density at radius 1 is 1.35 bits per heavy atom. The number of carbonyl (C=O) groups is 2. The van der Waals surface area contributed by atoms with Gasteiger partial charge in [0.15, 0.2) is 0 Å². The topological polar surface area (TPSA) is 130 Å². The molecule has 0 saturated carbocycles. The fourth-order valence-corrected chi connectivity index (χ4v) is 2.02. The highest BCUT2D eigenvalue weighted by Gasteiger charge is 2.08. The van der Waals surface area contributed by atoms with Crippen LogP contribution in [0.3, 0.4) is 0 Å². The number of fused-ring (bicyclic) bond motifs is 1. The van der Waals surface area contributed by atoms with Crippen LogP contribution in [0.4, 0.5) is 0 Å². The van der Waals surface area contributed by atoms with Crippen LogP contribution in [-0.2, 0) is 16.0 Å². The van der Waals surface area contributed by atoms with Crippen LogP contribution in [0, 0.1) is 11.3 Å². The summed E-state index contributed by atoms with van der Waals surface area (Å²) in [7, 11) is 2.12. The summed E-state index contributed by atoms with van der Waals surface area (Å²) in [5, 5.41) is 25.6. The lowest BCUT2D eigenvalue weighted by Gasteiger charge is -2.20. The van der Waals surface area contributed by atoms with E-state index in [4.69, 9.17) is 15.5 Å². The van der Waals surface area contributed by atoms with Gasteiger partial charge in [0, 0.05) is 42.5 Å². The van der Waals surface area contributed by atoms with Gasteiger partial charge in [-0.3, -0.25) is 0 Å². The number of hydrogen-bond donors (Lipinski definition) is 3. The number of aromatic nitrogens is 2. The molecule has 0 radical (unpaired) electrons. The van der Waals surface area contributed by atoms with Gasteiger partial charge in [0.25, 0.3) is 0 Å². The molecule has 0 aliphatic carbocycles. The molecule has 26 heavy (non-hydrogen) atoms. The van der Waals surface area contributed by atoms with Gasteiger partial charge in [-0.2, -0.15) is 5.26 Å². The summed E-state index contributed by atoms with van der Waals surface area (Å²) >= 11 is 0. The number of pyridine rings is 1. The molecular formula is C18H22N4O4. The number of nitrogens with zero attached hydrogens (tertiary/aromatic N) is 3. The molecule has 2 rings (SSSR count). The molecule has 0 spiro atoms. The van der Waals surface area contributed by atoms with Gasteiger partial charge in [-0.25, -0.2) is 14.6 Å². The minimum absolute atomic E-state index is 0.544. The van der Waals surface area contributed by atoms with Gasteiger partial charge < -0.3 is 20.1 Å². The Hall–Kier alpha value is -3.18. The highest BCUT2D eigenvalue weighted by Crippen LogP contribution is 2.18. The molecule has 0 unspecified atom stereocenters. The molecule has 8 nitrogen and oxygen atoms in total. The Morgan fingerprint density at radius 3 is 2.46 bits per heavy atom. The Kier molecular flexibility index (Phi) is 7.99. The summed E-state index contributed by atoms with van der Waals surface area (Å²) < 4.78 is 0. The molecule has 0 saturated heterocycles. The number of carboxylic acids is 2. The zero-order valence-corrected chi connectivity index (χ0v) is 14.9. The van der Waals surface area contributed by atoms with Crippen LogP contribution in [0.1, 0.15) is 25.0 Å². The maximum atomic E-state index is 9.55. The first-order valence-electron chi connectivity index (χ1n) is 7.94. The molecule has 2 aromatic heterocycles. The molecule has 0 aliphatic rings. The number of nitrogens with one attached hydrogen (secondary N) is 1. The van der Waals surface area contributed by atoms with E-state index in [0.29, 0.717) is 23.8 Å². The SMILES string of the molecule is CC(C)N(C)CCc1c[nH]c2ncc(C#N)cc12.O=C(O)/C=C/C(=O)O. The highest BCUT2D eigenvalue weighted by molar-refractivity contribution is 5.89. The van der Waals surface area contributed by atoms with Crippen molar-refractivity contribution in [2.75, 3.05) is 13.6 Å². The summed E-state index contributed by atoms with van der Waals surface area (Å²) in [4.78, 5) is 28.8. The van der Waals surface area contributed by atoms with E-state index < -0.39 is 11.9 Å². The fraction of sp³-hybridized carbons (Fsp3) is 0.333. The number of H-pyrrole nitrogens is 1. The number of aromatic amines is 1. The van der Waals surface area contributed by atoms with Crippen molar-refractivity contribution in [3.05, 3.63) is 41.7 Å². The van der Waals surface area contributed by atoms with Gasteiger partial charge in [0.2, 0.25) is 0 Å². The third kappa shape index (κ3) is 6.75. The first kappa shape index (κ1) is 20.9. The molecule has 2 aromatic rings. The fourth-order valence-electron chi connectivity index (χ4n) is 2.02. The van der Waals surface area contributed by atoms with Gasteiger partial charge >= 0.3 is 11.9 Å². The van der Waals surface area contributed by atoms with Crippen LogP contribution in [0.2, 0.25) is 0 Å². The number of rotatable bonds is 6. The minimum atomic E-state index is -1.26. The number of aliphatic carboxylic acids is 2. The van der Waals surface area contributed by atoms with Gasteiger partial charge in [0.05, 0.1) is 5.56 Å². The first-order valence-corrected chi connectivity index (χ1v) is 7.94. The van der Waals surface area contributed by atoms with Crippen molar-refractivity contribution >= 4 is 23.0 Å². The molecule has 0 aromatic carbocycles. The maximum Gasteiger partial charge on any atom is 0.328 e. The van der Waals surface area contributed by atoms with Gasteiger partial charge in [-0.1, -0.05) is 0 Å². The van der Waals surface area contributed by atoms with Crippen LogP contribution >= 0.6 is 0 Å². The van der Waals surface area contributed by atoms with E-state index in [1.165, 1.54) is 5.56 Å². The van der Waals surface area contributed by atoms with Crippen molar-refractivity contribution in [1.82, 2.24) is 14.9 Å². The molecular weight excluding hydrogens is 336 g/mol. The normalized spacial score (nSPS) is 10.8. The second kappa shape index (κ2) is 9.96. The smallest absolute Gasteiger partial charge is 0.328 e. The van der Waals surface area contributed by atoms with Crippen molar-refractivity contribution in [3.63, 3.8) is 0 Å². The quantitative estimate of drug-likeness (QED) is 0.673. The molecule has 0 bridgehead atoms. The lowest BCUT2D eigenvalue weighted by Crippen LogP contribution is -2.28. The zero-order valence-electron chi connectivity index (χ0n) is 14.9. The minimum Gasteiger partial charge on any atom is -0.478 e.